The number of likely N-dealkylation sites (tertiary alicyclic amines) is 1. The van der Waals surface area contributed by atoms with Crippen LogP contribution in [0.5, 0.6) is 0 Å². The number of aromatic nitrogens is 4. The third kappa shape index (κ3) is 6.98. The molecule has 3 saturated heterocycles. The van der Waals surface area contributed by atoms with Crippen LogP contribution >= 0.6 is 0 Å². The fourth-order valence-electron chi connectivity index (χ4n) is 9.66. The number of benzene rings is 2. The predicted octanol–water partition coefficient (Wildman–Crippen LogP) is 4.96. The number of carbonyl (C=O) groups is 5. The van der Waals surface area contributed by atoms with E-state index < -0.39 is 52.9 Å². The molecule has 0 radical (unpaired) electrons. The Hall–Kier alpha value is -5.84. The van der Waals surface area contributed by atoms with Crippen molar-refractivity contribution >= 4 is 40.9 Å². The van der Waals surface area contributed by atoms with Gasteiger partial charge in [0.2, 0.25) is 11.8 Å². The van der Waals surface area contributed by atoms with Crippen molar-refractivity contribution in [3.05, 3.63) is 89.5 Å². The van der Waals surface area contributed by atoms with Crippen LogP contribution in [0.25, 0.3) is 5.69 Å². The number of halogens is 3. The lowest BCUT2D eigenvalue weighted by atomic mass is 9.89. The van der Waals surface area contributed by atoms with Gasteiger partial charge in [-0.2, -0.15) is 23.4 Å². The number of alkyl halides is 3. The minimum atomic E-state index is -4.56. The Morgan fingerprint density at radius 3 is 2.42 bits per heavy atom. The van der Waals surface area contributed by atoms with E-state index in [2.05, 4.69) is 30.6 Å². The number of piperidine rings is 3. The van der Waals surface area contributed by atoms with E-state index in [4.69, 9.17) is 0 Å². The quantitative estimate of drug-likeness (QED) is 0.224. The topological polar surface area (TPSA) is 155 Å². The Morgan fingerprint density at radius 2 is 1.73 bits per heavy atom. The van der Waals surface area contributed by atoms with Crippen LogP contribution in [0.4, 0.5) is 24.5 Å². The number of imide groups is 2. The van der Waals surface area contributed by atoms with Crippen LogP contribution in [0.2, 0.25) is 0 Å². The van der Waals surface area contributed by atoms with Gasteiger partial charge in [0.15, 0.2) is 0 Å². The smallest absolute Gasteiger partial charge is 0.368 e. The molecule has 4 atom stereocenters. The molecule has 5 aliphatic rings. The third-order valence-corrected chi connectivity index (χ3v) is 13.1. The molecule has 4 aliphatic heterocycles. The van der Waals surface area contributed by atoms with Gasteiger partial charge >= 0.3 is 6.18 Å². The summed E-state index contributed by atoms with van der Waals surface area (Å²) >= 11 is 0. The van der Waals surface area contributed by atoms with Crippen LogP contribution in [-0.2, 0) is 26.1 Å². The molecular weight excluding hydrogens is 768 g/mol. The van der Waals surface area contributed by atoms with Gasteiger partial charge in [-0.3, -0.25) is 38.9 Å². The SMILES string of the molecule is CC(C)(C(=O)Nc1ccc(C(F)(F)F)cc1-n1cccn1)n1cc(C2CCN(CC3CC4CC3CN4c3ccc4c(c3)C(=O)N(C3CCC(=O)NC3=O)C4=O)CC2)cn1. The summed E-state index contributed by atoms with van der Waals surface area (Å²) in [6.07, 6.45) is 6.32. The van der Waals surface area contributed by atoms with Crippen molar-refractivity contribution in [2.24, 2.45) is 11.8 Å². The fraction of sp³-hybridized carbons (Fsp3) is 0.452. The van der Waals surface area contributed by atoms with Crippen molar-refractivity contribution in [3.8, 4) is 5.69 Å². The second-order valence-corrected chi connectivity index (χ2v) is 17.0. The van der Waals surface area contributed by atoms with E-state index in [-0.39, 0.29) is 35.7 Å². The summed E-state index contributed by atoms with van der Waals surface area (Å²) in [5, 5.41) is 13.7. The second kappa shape index (κ2) is 14.5. The van der Waals surface area contributed by atoms with E-state index in [1.165, 1.54) is 23.1 Å². The van der Waals surface area contributed by atoms with Crippen LogP contribution in [0.1, 0.15) is 90.1 Å². The number of fused-ring (bicyclic) bond motifs is 3. The highest BCUT2D eigenvalue weighted by molar-refractivity contribution is 6.23. The zero-order valence-corrected chi connectivity index (χ0v) is 32.6. The summed E-state index contributed by atoms with van der Waals surface area (Å²) in [6, 6.07) is 9.45. The average Bonchev–Trinajstić information content (AvgIpc) is 4.06. The lowest BCUT2D eigenvalue weighted by Crippen LogP contribution is -2.54. The maximum Gasteiger partial charge on any atom is 0.416 e. The number of carbonyl (C=O) groups excluding carboxylic acids is 5. The minimum Gasteiger partial charge on any atom is -0.368 e. The van der Waals surface area contributed by atoms with Gasteiger partial charge in [-0.05, 0) is 125 Å². The Labute approximate surface area is 337 Å². The maximum atomic E-state index is 13.7. The molecule has 6 heterocycles. The maximum absolute atomic E-state index is 13.7. The summed E-state index contributed by atoms with van der Waals surface area (Å²) in [6.45, 7) is 7.20. The molecule has 9 rings (SSSR count). The number of rotatable bonds is 9. The standard InChI is InChI=1S/C42H44F3N9O5/c1-41(2,40(59)48-33-7-4-28(42(43,44)45)18-35(33)52-13-3-12-46-52)53-23-27(20-47-53)24-10-14-50(15-11-24)21-25-16-30-17-26(25)22-51(30)29-5-6-31-32(19-29)39(58)54(38(31)57)34-8-9-36(55)49-37(34)56/h3-7,12-13,18-20,23-26,30,34H,8-11,14-17,21-22H2,1-2H3,(H,48,59)(H,49,55,56). The Morgan fingerprint density at radius 1 is 0.949 bits per heavy atom. The molecule has 59 heavy (non-hydrogen) atoms. The number of anilines is 2. The first-order valence-corrected chi connectivity index (χ1v) is 20.1. The van der Waals surface area contributed by atoms with Crippen molar-refractivity contribution < 1.29 is 37.1 Å². The van der Waals surface area contributed by atoms with E-state index in [9.17, 15) is 37.1 Å². The van der Waals surface area contributed by atoms with E-state index >= 15 is 0 Å². The van der Waals surface area contributed by atoms with Gasteiger partial charge in [0.05, 0.1) is 34.3 Å². The third-order valence-electron chi connectivity index (χ3n) is 13.1. The molecule has 0 spiro atoms. The summed E-state index contributed by atoms with van der Waals surface area (Å²) in [5.74, 6) is -1.12. The molecule has 4 unspecified atom stereocenters. The second-order valence-electron chi connectivity index (χ2n) is 17.0. The molecule has 2 aromatic heterocycles. The molecule has 2 aromatic carbocycles. The Balaban J connectivity index is 0.784. The Bertz CT molecular complexity index is 2350. The van der Waals surface area contributed by atoms with Gasteiger partial charge in [0.25, 0.3) is 17.7 Å². The molecule has 2 bridgehead atoms. The van der Waals surface area contributed by atoms with Crippen LogP contribution in [0.15, 0.2) is 67.3 Å². The lowest BCUT2D eigenvalue weighted by Gasteiger charge is -2.38. The predicted molar refractivity (Wildman–Crippen MR) is 208 cm³/mol. The molecule has 2 N–H and O–H groups in total. The van der Waals surface area contributed by atoms with Crippen LogP contribution < -0.4 is 15.5 Å². The van der Waals surface area contributed by atoms with Gasteiger partial charge in [-0.15, -0.1) is 0 Å². The monoisotopic (exact) mass is 811 g/mol. The molecule has 1 saturated carbocycles. The molecule has 1 aliphatic carbocycles. The zero-order valence-electron chi connectivity index (χ0n) is 32.6. The average molecular weight is 812 g/mol. The first-order chi connectivity index (χ1) is 28.2. The van der Waals surface area contributed by atoms with Crippen molar-refractivity contribution in [2.45, 2.75) is 82.1 Å². The summed E-state index contributed by atoms with van der Waals surface area (Å²) in [5.41, 5.74) is 0.829. The summed E-state index contributed by atoms with van der Waals surface area (Å²) in [4.78, 5) is 70.3. The molecule has 14 nitrogen and oxygen atoms in total. The highest BCUT2D eigenvalue weighted by Crippen LogP contribution is 2.46. The van der Waals surface area contributed by atoms with E-state index in [0.717, 1.165) is 80.1 Å². The lowest BCUT2D eigenvalue weighted by molar-refractivity contribution is -0.138. The number of amides is 5. The van der Waals surface area contributed by atoms with E-state index in [1.807, 2.05) is 18.5 Å². The van der Waals surface area contributed by atoms with Crippen LogP contribution in [0, 0.1) is 11.8 Å². The van der Waals surface area contributed by atoms with Crippen LogP contribution in [-0.4, -0.2) is 97.2 Å². The molecule has 17 heteroatoms. The normalized spacial score (nSPS) is 23.9. The van der Waals surface area contributed by atoms with E-state index in [0.29, 0.717) is 23.4 Å². The summed E-state index contributed by atoms with van der Waals surface area (Å²) in [7, 11) is 0. The first kappa shape index (κ1) is 38.7. The number of nitrogens with one attached hydrogen (secondary N) is 2. The fourth-order valence-corrected chi connectivity index (χ4v) is 9.66. The van der Waals surface area contributed by atoms with Gasteiger partial charge in [-0.25, -0.2) is 4.68 Å². The molecular formula is C42H44F3N9O5. The van der Waals surface area contributed by atoms with Crippen molar-refractivity contribution in [1.29, 1.82) is 0 Å². The number of nitrogens with zero attached hydrogens (tertiary/aromatic N) is 7. The highest BCUT2D eigenvalue weighted by atomic mass is 19.4. The summed E-state index contributed by atoms with van der Waals surface area (Å²) < 4.78 is 43.5. The first-order valence-electron chi connectivity index (χ1n) is 20.1. The molecule has 4 fully saturated rings. The van der Waals surface area contributed by atoms with Crippen molar-refractivity contribution in [1.82, 2.24) is 34.7 Å². The van der Waals surface area contributed by atoms with Gasteiger partial charge < -0.3 is 15.1 Å². The van der Waals surface area contributed by atoms with Crippen LogP contribution in [0.3, 0.4) is 0 Å². The highest BCUT2D eigenvalue weighted by Gasteiger charge is 2.48. The molecule has 5 amide bonds. The van der Waals surface area contributed by atoms with Gasteiger partial charge in [0.1, 0.15) is 11.6 Å². The molecule has 4 aromatic rings. The van der Waals surface area contributed by atoms with E-state index in [1.54, 1.807) is 36.7 Å². The zero-order chi connectivity index (χ0) is 41.4. The minimum absolute atomic E-state index is 0.0769. The molecule has 308 valence electrons. The number of hydrogen-bond acceptors (Lipinski definition) is 9. The largest absolute Gasteiger partial charge is 0.416 e. The van der Waals surface area contributed by atoms with Crippen molar-refractivity contribution in [2.75, 3.05) is 36.4 Å². The van der Waals surface area contributed by atoms with Gasteiger partial charge in [-0.1, -0.05) is 0 Å². The van der Waals surface area contributed by atoms with Gasteiger partial charge in [0, 0.05) is 49.8 Å². The number of hydrogen-bond donors (Lipinski definition) is 2. The van der Waals surface area contributed by atoms with Crippen molar-refractivity contribution in [3.63, 3.8) is 0 Å². The Kier molecular flexibility index (Phi) is 9.48.